The zero-order valence-electron chi connectivity index (χ0n) is 11.2. The van der Waals surface area contributed by atoms with Gasteiger partial charge in [-0.25, -0.2) is 0 Å². The van der Waals surface area contributed by atoms with Crippen molar-refractivity contribution in [3.63, 3.8) is 0 Å². The van der Waals surface area contributed by atoms with Gasteiger partial charge in [0.1, 0.15) is 5.75 Å². The number of benzene rings is 2. The summed E-state index contributed by atoms with van der Waals surface area (Å²) < 4.78 is 5.85. The number of halogens is 1. The quantitative estimate of drug-likeness (QED) is 0.667. The Hall–Kier alpha value is -1.81. The molecule has 2 aromatic carbocycles. The van der Waals surface area contributed by atoms with E-state index < -0.39 is 0 Å². The van der Waals surface area contributed by atoms with Gasteiger partial charge in [-0.1, -0.05) is 12.1 Å². The molecule has 0 fully saturated rings. The predicted molar refractivity (Wildman–Crippen MR) is 84.2 cm³/mol. The lowest BCUT2D eigenvalue weighted by Gasteiger charge is -2.06. The van der Waals surface area contributed by atoms with E-state index in [2.05, 4.69) is 15.9 Å². The Labute approximate surface area is 126 Å². The fourth-order valence-electron chi connectivity index (χ4n) is 1.94. The zero-order chi connectivity index (χ0) is 14.5. The fourth-order valence-corrected chi connectivity index (χ4v) is 2.56. The van der Waals surface area contributed by atoms with Gasteiger partial charge in [-0.15, -0.1) is 0 Å². The molecule has 0 saturated heterocycles. The summed E-state index contributed by atoms with van der Waals surface area (Å²) in [6.07, 6.45) is 1.18. The van der Waals surface area contributed by atoms with Crippen molar-refractivity contribution < 1.29 is 9.53 Å². The van der Waals surface area contributed by atoms with E-state index in [1.165, 1.54) is 0 Å². The maximum atomic E-state index is 12.2. The topological polar surface area (TPSA) is 52.3 Å². The van der Waals surface area contributed by atoms with Crippen molar-refractivity contribution in [1.29, 1.82) is 0 Å². The average Bonchev–Trinajstić information content (AvgIpc) is 2.45. The van der Waals surface area contributed by atoms with E-state index in [4.69, 9.17) is 10.5 Å². The molecule has 20 heavy (non-hydrogen) atoms. The minimum absolute atomic E-state index is 0.104. The lowest BCUT2D eigenvalue weighted by molar-refractivity contribution is 0.0982. The number of aryl methyl sites for hydroxylation is 1. The summed E-state index contributed by atoms with van der Waals surface area (Å²) in [6, 6.07) is 13.0. The molecule has 2 aromatic rings. The number of hydrogen-bond acceptors (Lipinski definition) is 3. The molecule has 104 valence electrons. The monoisotopic (exact) mass is 333 g/mol. The third-order valence-corrected chi connectivity index (χ3v) is 3.75. The summed E-state index contributed by atoms with van der Waals surface area (Å²) in [7, 11) is 1.64. The summed E-state index contributed by atoms with van der Waals surface area (Å²) >= 11 is 3.38. The third kappa shape index (κ3) is 3.61. The lowest BCUT2D eigenvalue weighted by Crippen LogP contribution is -2.03. The second-order valence-electron chi connectivity index (χ2n) is 4.51. The second kappa shape index (κ2) is 6.57. The van der Waals surface area contributed by atoms with Crippen LogP contribution in [0.1, 0.15) is 22.3 Å². The highest BCUT2D eigenvalue weighted by molar-refractivity contribution is 9.10. The molecule has 0 saturated carbocycles. The Bertz CT molecular complexity index is 608. The van der Waals surface area contributed by atoms with Gasteiger partial charge >= 0.3 is 0 Å². The van der Waals surface area contributed by atoms with Crippen LogP contribution >= 0.6 is 15.9 Å². The third-order valence-electron chi connectivity index (χ3n) is 3.09. The second-order valence-corrected chi connectivity index (χ2v) is 5.36. The summed E-state index contributed by atoms with van der Waals surface area (Å²) in [5.41, 5.74) is 8.10. The number of hydrogen-bond donors (Lipinski definition) is 1. The Balaban J connectivity index is 2.00. The molecular formula is C16H16BrNO2. The van der Waals surface area contributed by atoms with Crippen molar-refractivity contribution in [3.05, 3.63) is 58.1 Å². The van der Waals surface area contributed by atoms with Crippen molar-refractivity contribution in [2.45, 2.75) is 12.8 Å². The Morgan fingerprint density at radius 1 is 1.20 bits per heavy atom. The molecule has 0 radical (unpaired) electrons. The van der Waals surface area contributed by atoms with E-state index in [1.54, 1.807) is 25.3 Å². The average molecular weight is 334 g/mol. The number of anilines is 1. The number of ketones is 1. The molecular weight excluding hydrogens is 318 g/mol. The molecule has 2 N–H and O–H groups in total. The normalized spacial score (nSPS) is 10.3. The Kier molecular flexibility index (Phi) is 4.79. The molecule has 0 unspecified atom stereocenters. The first-order valence-electron chi connectivity index (χ1n) is 6.31. The summed E-state index contributed by atoms with van der Waals surface area (Å²) in [5, 5.41) is 0. The zero-order valence-corrected chi connectivity index (χ0v) is 12.8. The standard InChI is InChI=1S/C16H16BrNO2/c1-20-13-6-2-11(3-7-13)4-9-16(19)14-8-5-12(18)10-15(14)17/h2-3,5-8,10H,4,9,18H2,1H3. The maximum absolute atomic E-state index is 12.2. The van der Waals surface area contributed by atoms with E-state index in [0.29, 0.717) is 24.1 Å². The van der Waals surface area contributed by atoms with E-state index in [-0.39, 0.29) is 5.78 Å². The van der Waals surface area contributed by atoms with Gasteiger partial charge in [0.15, 0.2) is 5.78 Å². The Morgan fingerprint density at radius 2 is 1.90 bits per heavy atom. The smallest absolute Gasteiger partial charge is 0.164 e. The van der Waals surface area contributed by atoms with Crippen LogP contribution < -0.4 is 10.5 Å². The molecule has 0 aliphatic carbocycles. The minimum Gasteiger partial charge on any atom is -0.497 e. The molecule has 4 heteroatoms. The molecule has 0 spiro atoms. The number of nitrogens with two attached hydrogens (primary N) is 1. The number of carbonyl (C=O) groups excluding carboxylic acids is 1. The number of carbonyl (C=O) groups is 1. The van der Waals surface area contributed by atoms with Crippen LogP contribution in [0.15, 0.2) is 46.9 Å². The van der Waals surface area contributed by atoms with Crippen LogP contribution in [0.5, 0.6) is 5.75 Å². The first kappa shape index (κ1) is 14.6. The first-order valence-corrected chi connectivity index (χ1v) is 7.10. The predicted octanol–water partition coefficient (Wildman–Crippen LogP) is 3.86. The van der Waals surface area contributed by atoms with Crippen molar-refractivity contribution >= 4 is 27.4 Å². The molecule has 0 aliphatic heterocycles. The molecule has 0 bridgehead atoms. The SMILES string of the molecule is COc1ccc(CCC(=O)c2ccc(N)cc2Br)cc1. The molecule has 0 aromatic heterocycles. The summed E-state index contributed by atoms with van der Waals surface area (Å²) in [6.45, 7) is 0. The van der Waals surface area contributed by atoms with Crippen LogP contribution in [0, 0.1) is 0 Å². The molecule has 0 heterocycles. The van der Waals surface area contributed by atoms with E-state index in [0.717, 1.165) is 15.8 Å². The fraction of sp³-hybridized carbons (Fsp3) is 0.188. The summed E-state index contributed by atoms with van der Waals surface area (Å²) in [5.74, 6) is 0.925. The Morgan fingerprint density at radius 3 is 2.50 bits per heavy atom. The van der Waals surface area contributed by atoms with E-state index >= 15 is 0 Å². The van der Waals surface area contributed by atoms with Gasteiger partial charge in [-0.05, 0) is 58.2 Å². The number of nitrogen functional groups attached to an aromatic ring is 1. The number of rotatable bonds is 5. The highest BCUT2D eigenvalue weighted by Crippen LogP contribution is 2.22. The highest BCUT2D eigenvalue weighted by Gasteiger charge is 2.10. The van der Waals surface area contributed by atoms with Crippen LogP contribution in [0.2, 0.25) is 0 Å². The van der Waals surface area contributed by atoms with Crippen molar-refractivity contribution in [2.24, 2.45) is 0 Å². The van der Waals surface area contributed by atoms with Gasteiger partial charge in [0.2, 0.25) is 0 Å². The van der Waals surface area contributed by atoms with Crippen LogP contribution in [-0.2, 0) is 6.42 Å². The van der Waals surface area contributed by atoms with Crippen LogP contribution in [-0.4, -0.2) is 12.9 Å². The van der Waals surface area contributed by atoms with Gasteiger partial charge in [0.25, 0.3) is 0 Å². The van der Waals surface area contributed by atoms with Crippen LogP contribution in [0.25, 0.3) is 0 Å². The van der Waals surface area contributed by atoms with Gasteiger partial charge in [0.05, 0.1) is 7.11 Å². The minimum atomic E-state index is 0.104. The lowest BCUT2D eigenvalue weighted by atomic mass is 10.0. The molecule has 3 nitrogen and oxygen atoms in total. The molecule has 0 aliphatic rings. The van der Waals surface area contributed by atoms with Crippen molar-refractivity contribution in [1.82, 2.24) is 0 Å². The summed E-state index contributed by atoms with van der Waals surface area (Å²) in [4.78, 5) is 12.2. The van der Waals surface area contributed by atoms with Crippen molar-refractivity contribution in [2.75, 3.05) is 12.8 Å². The van der Waals surface area contributed by atoms with Gasteiger partial charge in [-0.2, -0.15) is 0 Å². The molecule has 2 rings (SSSR count). The highest BCUT2D eigenvalue weighted by atomic mass is 79.9. The van der Waals surface area contributed by atoms with E-state index in [9.17, 15) is 4.79 Å². The van der Waals surface area contributed by atoms with Gasteiger partial charge in [-0.3, -0.25) is 4.79 Å². The van der Waals surface area contributed by atoms with Gasteiger partial charge in [0, 0.05) is 22.1 Å². The number of Topliss-reactive ketones (excluding diaryl/α,β-unsaturated/α-hetero) is 1. The van der Waals surface area contributed by atoms with Crippen LogP contribution in [0.3, 0.4) is 0 Å². The van der Waals surface area contributed by atoms with Crippen molar-refractivity contribution in [3.8, 4) is 5.75 Å². The van der Waals surface area contributed by atoms with Crippen LogP contribution in [0.4, 0.5) is 5.69 Å². The molecule has 0 atom stereocenters. The van der Waals surface area contributed by atoms with E-state index in [1.807, 2.05) is 24.3 Å². The number of ether oxygens (including phenoxy) is 1. The number of methoxy groups -OCH3 is 1. The largest absolute Gasteiger partial charge is 0.497 e. The van der Waals surface area contributed by atoms with Gasteiger partial charge < -0.3 is 10.5 Å². The molecule has 0 amide bonds. The maximum Gasteiger partial charge on any atom is 0.164 e. The first-order chi connectivity index (χ1) is 9.60.